The number of benzene rings is 1. The zero-order valence-corrected chi connectivity index (χ0v) is 17.8. The average molecular weight is 393 g/mol. The summed E-state index contributed by atoms with van der Waals surface area (Å²) in [5, 5.41) is 0. The van der Waals surface area contributed by atoms with Crippen LogP contribution in [0.25, 0.3) is 0 Å². The second-order valence-corrected chi connectivity index (χ2v) is 9.36. The number of ether oxygens (including phenoxy) is 1. The maximum atomic E-state index is 14.1. The summed E-state index contributed by atoms with van der Waals surface area (Å²) >= 11 is 0. The van der Waals surface area contributed by atoms with Gasteiger partial charge in [-0.2, -0.15) is 0 Å². The SMILES string of the molecule is CCC[C@H]1CC[C@H](C2CCC(CCc3cc(F)c(COC)c(F)c3)CC2)CC1. The van der Waals surface area contributed by atoms with Crippen molar-refractivity contribution < 1.29 is 13.5 Å². The van der Waals surface area contributed by atoms with Crippen molar-refractivity contribution in [3.8, 4) is 0 Å². The van der Waals surface area contributed by atoms with E-state index in [1.165, 1.54) is 83.5 Å². The van der Waals surface area contributed by atoms with Crippen LogP contribution in [0.4, 0.5) is 8.78 Å². The molecule has 0 unspecified atom stereocenters. The fourth-order valence-corrected chi connectivity index (χ4v) is 5.76. The van der Waals surface area contributed by atoms with Crippen LogP contribution in [0.2, 0.25) is 0 Å². The first kappa shape index (κ1) is 21.7. The van der Waals surface area contributed by atoms with Crippen molar-refractivity contribution in [3.05, 3.63) is 34.9 Å². The van der Waals surface area contributed by atoms with Gasteiger partial charge in [0, 0.05) is 12.7 Å². The zero-order valence-electron chi connectivity index (χ0n) is 17.8. The highest BCUT2D eigenvalue weighted by Crippen LogP contribution is 2.43. The molecule has 2 aliphatic carbocycles. The molecule has 158 valence electrons. The Balaban J connectivity index is 1.41. The van der Waals surface area contributed by atoms with Gasteiger partial charge in [0.2, 0.25) is 0 Å². The average Bonchev–Trinajstić information content (AvgIpc) is 2.70. The molecule has 3 rings (SSSR count). The van der Waals surface area contributed by atoms with E-state index in [9.17, 15) is 8.78 Å². The van der Waals surface area contributed by atoms with Crippen LogP contribution in [-0.2, 0) is 17.8 Å². The molecule has 0 radical (unpaired) electrons. The number of aryl methyl sites for hydroxylation is 1. The molecular formula is C25H38F2O. The van der Waals surface area contributed by atoms with Gasteiger partial charge in [-0.1, -0.05) is 45.4 Å². The molecule has 2 fully saturated rings. The van der Waals surface area contributed by atoms with E-state index < -0.39 is 11.6 Å². The Morgan fingerprint density at radius 2 is 1.32 bits per heavy atom. The van der Waals surface area contributed by atoms with Gasteiger partial charge in [0.15, 0.2) is 0 Å². The molecule has 2 aliphatic rings. The predicted molar refractivity (Wildman–Crippen MR) is 111 cm³/mol. The van der Waals surface area contributed by atoms with E-state index >= 15 is 0 Å². The summed E-state index contributed by atoms with van der Waals surface area (Å²) in [4.78, 5) is 0. The molecule has 1 aromatic rings. The molecule has 0 aromatic heterocycles. The van der Waals surface area contributed by atoms with Crippen molar-refractivity contribution in [1.29, 1.82) is 0 Å². The monoisotopic (exact) mass is 392 g/mol. The lowest BCUT2D eigenvalue weighted by Gasteiger charge is -2.38. The molecule has 0 amide bonds. The quantitative estimate of drug-likeness (QED) is 0.446. The normalized spacial score (nSPS) is 28.4. The molecule has 1 aromatic carbocycles. The predicted octanol–water partition coefficient (Wildman–Crippen LogP) is 7.46. The number of hydrogen-bond donors (Lipinski definition) is 0. The largest absolute Gasteiger partial charge is 0.380 e. The van der Waals surface area contributed by atoms with Crippen molar-refractivity contribution in [2.75, 3.05) is 7.11 Å². The Morgan fingerprint density at radius 3 is 1.79 bits per heavy atom. The minimum Gasteiger partial charge on any atom is -0.380 e. The van der Waals surface area contributed by atoms with Gasteiger partial charge < -0.3 is 4.74 Å². The number of halogens is 2. The smallest absolute Gasteiger partial charge is 0.131 e. The van der Waals surface area contributed by atoms with Gasteiger partial charge in [0.05, 0.1) is 6.61 Å². The van der Waals surface area contributed by atoms with Crippen LogP contribution in [-0.4, -0.2) is 7.11 Å². The summed E-state index contributed by atoms with van der Waals surface area (Å²) in [5.41, 5.74) is 0.826. The Bertz CT molecular complexity index is 576. The fourth-order valence-electron chi connectivity index (χ4n) is 5.76. The van der Waals surface area contributed by atoms with E-state index in [1.807, 2.05) is 0 Å². The molecule has 0 N–H and O–H groups in total. The van der Waals surface area contributed by atoms with Gasteiger partial charge in [-0.15, -0.1) is 0 Å². The molecule has 3 heteroatoms. The number of rotatable bonds is 8. The molecule has 0 spiro atoms. The van der Waals surface area contributed by atoms with Crippen molar-refractivity contribution in [2.45, 2.75) is 90.6 Å². The van der Waals surface area contributed by atoms with Crippen molar-refractivity contribution in [2.24, 2.45) is 23.7 Å². The third-order valence-electron chi connectivity index (χ3n) is 7.48. The first-order chi connectivity index (χ1) is 13.6. The summed E-state index contributed by atoms with van der Waals surface area (Å²) in [6, 6.07) is 3.00. The first-order valence-electron chi connectivity index (χ1n) is 11.6. The molecule has 0 heterocycles. The molecular weight excluding hydrogens is 354 g/mol. The summed E-state index contributed by atoms with van der Waals surface area (Å²) in [6.07, 6.45) is 15.7. The minimum absolute atomic E-state index is 0.0116. The summed E-state index contributed by atoms with van der Waals surface area (Å²) in [7, 11) is 1.46. The Hall–Kier alpha value is -0.960. The van der Waals surface area contributed by atoms with E-state index in [2.05, 4.69) is 6.92 Å². The third-order valence-corrected chi connectivity index (χ3v) is 7.48. The highest BCUT2D eigenvalue weighted by molar-refractivity contribution is 5.26. The van der Waals surface area contributed by atoms with Crippen LogP contribution in [0.5, 0.6) is 0 Å². The summed E-state index contributed by atoms with van der Waals surface area (Å²) < 4.78 is 33.0. The summed E-state index contributed by atoms with van der Waals surface area (Å²) in [6.45, 7) is 2.30. The zero-order chi connectivity index (χ0) is 19.9. The maximum Gasteiger partial charge on any atom is 0.131 e. The molecule has 0 saturated heterocycles. The Morgan fingerprint density at radius 1 is 0.821 bits per heavy atom. The van der Waals surface area contributed by atoms with Gasteiger partial charge in [-0.05, 0) is 79.9 Å². The van der Waals surface area contributed by atoms with Crippen LogP contribution in [0.15, 0.2) is 12.1 Å². The molecule has 0 atom stereocenters. The standard InChI is InChI=1S/C25H38F2O/c1-3-4-18-7-11-21(12-8-18)22-13-9-19(10-14-22)5-6-20-15-24(26)23(17-28-2)25(27)16-20/h15-16,18-19,21-22H,3-14,17H2,1-2H3/t18-,19?,21-,22?. The first-order valence-corrected chi connectivity index (χ1v) is 11.6. The highest BCUT2D eigenvalue weighted by atomic mass is 19.1. The molecule has 28 heavy (non-hydrogen) atoms. The lowest BCUT2D eigenvalue weighted by molar-refractivity contribution is 0.141. The molecule has 0 bridgehead atoms. The second kappa shape index (κ2) is 10.7. The van der Waals surface area contributed by atoms with E-state index in [4.69, 9.17) is 4.74 Å². The van der Waals surface area contributed by atoms with Gasteiger partial charge in [0.1, 0.15) is 11.6 Å². The van der Waals surface area contributed by atoms with Crippen molar-refractivity contribution in [3.63, 3.8) is 0 Å². The van der Waals surface area contributed by atoms with Gasteiger partial charge >= 0.3 is 0 Å². The lowest BCUT2D eigenvalue weighted by Crippen LogP contribution is -2.26. The fraction of sp³-hybridized carbons (Fsp3) is 0.760. The van der Waals surface area contributed by atoms with E-state index in [-0.39, 0.29) is 12.2 Å². The van der Waals surface area contributed by atoms with Crippen LogP contribution in [0.3, 0.4) is 0 Å². The topological polar surface area (TPSA) is 9.23 Å². The Kier molecular flexibility index (Phi) is 8.32. The Labute approximate surface area is 170 Å². The second-order valence-electron chi connectivity index (χ2n) is 9.36. The van der Waals surface area contributed by atoms with E-state index in [0.717, 1.165) is 42.1 Å². The van der Waals surface area contributed by atoms with Gasteiger partial charge in [-0.3, -0.25) is 0 Å². The highest BCUT2D eigenvalue weighted by Gasteiger charge is 2.30. The van der Waals surface area contributed by atoms with E-state index in [0.29, 0.717) is 0 Å². The number of methoxy groups -OCH3 is 1. The summed E-state index contributed by atoms with van der Waals surface area (Å²) in [5.74, 6) is 2.66. The van der Waals surface area contributed by atoms with Gasteiger partial charge in [-0.25, -0.2) is 8.78 Å². The molecule has 1 nitrogen and oxygen atoms in total. The van der Waals surface area contributed by atoms with Crippen LogP contribution in [0, 0.1) is 35.3 Å². The van der Waals surface area contributed by atoms with Gasteiger partial charge in [0.25, 0.3) is 0 Å². The minimum atomic E-state index is -0.473. The van der Waals surface area contributed by atoms with Crippen LogP contribution in [0.1, 0.15) is 88.7 Å². The van der Waals surface area contributed by atoms with Crippen molar-refractivity contribution >= 4 is 0 Å². The molecule has 2 saturated carbocycles. The lowest BCUT2D eigenvalue weighted by atomic mass is 9.68. The third kappa shape index (κ3) is 5.78. The number of hydrogen-bond acceptors (Lipinski definition) is 1. The van der Waals surface area contributed by atoms with Crippen LogP contribution >= 0.6 is 0 Å². The van der Waals surface area contributed by atoms with E-state index in [1.54, 1.807) is 0 Å². The molecule has 0 aliphatic heterocycles. The van der Waals surface area contributed by atoms with Crippen LogP contribution < -0.4 is 0 Å². The maximum absolute atomic E-state index is 14.1. The van der Waals surface area contributed by atoms with Crippen molar-refractivity contribution in [1.82, 2.24) is 0 Å².